The van der Waals surface area contributed by atoms with Gasteiger partial charge in [0.15, 0.2) is 5.13 Å². The molecule has 1 aromatic heterocycles. The number of sulfonamides is 1. The Kier molecular flexibility index (Phi) is 3.82. The number of rotatable bonds is 3. The highest BCUT2D eigenvalue weighted by molar-refractivity contribution is 7.94. The molecule has 0 aliphatic heterocycles. The fourth-order valence-corrected chi connectivity index (χ4v) is 3.70. The van der Waals surface area contributed by atoms with Crippen molar-refractivity contribution in [1.29, 1.82) is 0 Å². The summed E-state index contributed by atoms with van der Waals surface area (Å²) in [7, 11) is -3.85. The third-order valence-electron chi connectivity index (χ3n) is 2.01. The van der Waals surface area contributed by atoms with Crippen molar-refractivity contribution in [2.45, 2.75) is 4.21 Å². The molecule has 0 amide bonds. The number of benzene rings is 1. The van der Waals surface area contributed by atoms with Crippen LogP contribution in [0.4, 0.5) is 10.1 Å². The van der Waals surface area contributed by atoms with E-state index >= 15 is 0 Å². The Morgan fingerprint density at radius 2 is 1.89 bits per heavy atom. The summed E-state index contributed by atoms with van der Waals surface area (Å²) in [4.78, 5) is 0. The van der Waals surface area contributed by atoms with Crippen LogP contribution < -0.4 is 4.72 Å². The maximum Gasteiger partial charge on any atom is 0.271 e. The van der Waals surface area contributed by atoms with Crippen molar-refractivity contribution < 1.29 is 12.8 Å². The molecule has 96 valence electrons. The molecule has 0 atom stereocenters. The number of nitrogens with one attached hydrogen (secondary N) is 1. The van der Waals surface area contributed by atoms with E-state index in [4.69, 9.17) is 23.2 Å². The third-order valence-corrected chi connectivity index (χ3v) is 5.56. The van der Waals surface area contributed by atoms with Crippen LogP contribution in [0.1, 0.15) is 0 Å². The molecule has 0 radical (unpaired) electrons. The van der Waals surface area contributed by atoms with E-state index in [2.05, 4.69) is 4.72 Å². The van der Waals surface area contributed by atoms with Gasteiger partial charge in [0, 0.05) is 0 Å². The fraction of sp³-hybridized carbons (Fsp3) is 0. The Morgan fingerprint density at radius 1 is 1.17 bits per heavy atom. The van der Waals surface area contributed by atoms with Gasteiger partial charge >= 0.3 is 0 Å². The molecule has 0 aliphatic rings. The quantitative estimate of drug-likeness (QED) is 0.927. The smallest absolute Gasteiger partial charge is 0.271 e. The zero-order valence-electron chi connectivity index (χ0n) is 8.65. The van der Waals surface area contributed by atoms with E-state index in [0.29, 0.717) is 11.3 Å². The van der Waals surface area contributed by atoms with Crippen molar-refractivity contribution in [2.75, 3.05) is 4.72 Å². The lowest BCUT2D eigenvalue weighted by Gasteiger charge is -2.08. The highest BCUT2D eigenvalue weighted by Crippen LogP contribution is 2.32. The molecule has 1 heterocycles. The van der Waals surface area contributed by atoms with Gasteiger partial charge in [-0.15, -0.1) is 0 Å². The molecule has 0 aliphatic carbocycles. The highest BCUT2D eigenvalue weighted by atomic mass is 35.5. The van der Waals surface area contributed by atoms with E-state index in [0.717, 1.165) is 6.07 Å². The van der Waals surface area contributed by atoms with Crippen LogP contribution >= 0.6 is 34.5 Å². The van der Waals surface area contributed by atoms with E-state index in [-0.39, 0.29) is 19.9 Å². The first kappa shape index (κ1) is 13.6. The van der Waals surface area contributed by atoms with Gasteiger partial charge < -0.3 is 0 Å². The van der Waals surface area contributed by atoms with Crippen LogP contribution in [0.5, 0.6) is 0 Å². The first-order chi connectivity index (χ1) is 8.40. The predicted molar refractivity (Wildman–Crippen MR) is 71.5 cm³/mol. The lowest BCUT2D eigenvalue weighted by atomic mass is 10.3. The summed E-state index contributed by atoms with van der Waals surface area (Å²) < 4.78 is 38.8. The monoisotopic (exact) mass is 325 g/mol. The topological polar surface area (TPSA) is 46.2 Å². The maximum atomic E-state index is 12.8. The maximum absolute atomic E-state index is 12.8. The Labute approximate surface area is 117 Å². The molecule has 0 saturated carbocycles. The second-order valence-corrected chi connectivity index (χ2v) is 6.99. The predicted octanol–water partition coefficient (Wildman–Crippen LogP) is 3.99. The third kappa shape index (κ3) is 2.77. The Balaban J connectivity index is 2.37. The summed E-state index contributed by atoms with van der Waals surface area (Å²) in [5.41, 5.74) is 0.151. The first-order valence-corrected chi connectivity index (χ1v) is 7.68. The van der Waals surface area contributed by atoms with Gasteiger partial charge in [-0.3, -0.25) is 4.72 Å². The van der Waals surface area contributed by atoms with Crippen LogP contribution in [0, 0.1) is 5.13 Å². The number of hydrogen-bond donors (Lipinski definition) is 1. The van der Waals surface area contributed by atoms with Crippen molar-refractivity contribution in [3.63, 3.8) is 0 Å². The molecule has 1 aromatic carbocycles. The minimum absolute atomic E-state index is 0.0970. The SMILES string of the molecule is O=S(=O)(Nc1cccc(Cl)c1Cl)c1ccc(F)s1. The molecular formula is C10H6Cl2FNO2S2. The minimum atomic E-state index is -3.85. The second kappa shape index (κ2) is 5.05. The van der Waals surface area contributed by atoms with E-state index in [1.165, 1.54) is 18.2 Å². The van der Waals surface area contributed by atoms with Gasteiger partial charge in [-0.2, -0.15) is 4.39 Å². The van der Waals surface area contributed by atoms with Gasteiger partial charge in [0.05, 0.1) is 15.7 Å². The van der Waals surface area contributed by atoms with Crippen molar-refractivity contribution in [3.05, 3.63) is 45.5 Å². The van der Waals surface area contributed by atoms with Crippen LogP contribution in [0.2, 0.25) is 10.0 Å². The van der Waals surface area contributed by atoms with E-state index < -0.39 is 15.2 Å². The van der Waals surface area contributed by atoms with E-state index in [1.54, 1.807) is 6.07 Å². The number of hydrogen-bond acceptors (Lipinski definition) is 3. The van der Waals surface area contributed by atoms with Gasteiger partial charge in [-0.25, -0.2) is 8.42 Å². The average Bonchev–Trinajstić information content (AvgIpc) is 2.72. The molecule has 1 N–H and O–H groups in total. The Morgan fingerprint density at radius 3 is 2.50 bits per heavy atom. The Hall–Kier alpha value is -0.820. The van der Waals surface area contributed by atoms with Crippen LogP contribution in [0.25, 0.3) is 0 Å². The summed E-state index contributed by atoms with van der Waals surface area (Å²) >= 11 is 12.2. The fourth-order valence-electron chi connectivity index (χ4n) is 1.22. The van der Waals surface area contributed by atoms with Gasteiger partial charge in [-0.1, -0.05) is 40.6 Å². The summed E-state index contributed by atoms with van der Waals surface area (Å²) in [6.45, 7) is 0. The molecule has 8 heteroatoms. The van der Waals surface area contributed by atoms with Gasteiger partial charge in [0.2, 0.25) is 0 Å². The van der Waals surface area contributed by atoms with Gasteiger partial charge in [-0.05, 0) is 24.3 Å². The first-order valence-electron chi connectivity index (χ1n) is 4.62. The molecular weight excluding hydrogens is 320 g/mol. The lowest BCUT2D eigenvalue weighted by molar-refractivity contribution is 0.603. The van der Waals surface area contributed by atoms with Crippen LogP contribution in [-0.4, -0.2) is 8.42 Å². The molecule has 18 heavy (non-hydrogen) atoms. The van der Waals surface area contributed by atoms with Crippen molar-refractivity contribution in [2.24, 2.45) is 0 Å². The molecule has 0 bridgehead atoms. The zero-order chi connectivity index (χ0) is 13.3. The summed E-state index contributed by atoms with van der Waals surface area (Å²) in [6, 6.07) is 6.82. The zero-order valence-corrected chi connectivity index (χ0v) is 11.8. The van der Waals surface area contributed by atoms with Crippen LogP contribution in [-0.2, 0) is 10.0 Å². The average molecular weight is 326 g/mol. The summed E-state index contributed by atoms with van der Waals surface area (Å²) in [6.07, 6.45) is 0. The lowest BCUT2D eigenvalue weighted by Crippen LogP contribution is -2.11. The molecule has 0 saturated heterocycles. The molecule has 2 rings (SSSR count). The summed E-state index contributed by atoms with van der Waals surface area (Å²) in [5.74, 6) is 0. The summed E-state index contributed by atoms with van der Waals surface area (Å²) in [5, 5.41) is -0.249. The number of anilines is 1. The number of halogens is 3. The van der Waals surface area contributed by atoms with Crippen molar-refractivity contribution in [1.82, 2.24) is 0 Å². The van der Waals surface area contributed by atoms with Crippen LogP contribution in [0.3, 0.4) is 0 Å². The van der Waals surface area contributed by atoms with Crippen LogP contribution in [0.15, 0.2) is 34.5 Å². The van der Waals surface area contributed by atoms with Crippen molar-refractivity contribution >= 4 is 50.2 Å². The second-order valence-electron chi connectivity index (χ2n) is 3.27. The molecule has 2 aromatic rings. The normalized spacial score (nSPS) is 11.5. The minimum Gasteiger partial charge on any atom is -0.277 e. The highest BCUT2D eigenvalue weighted by Gasteiger charge is 2.18. The Bertz CT molecular complexity index is 685. The van der Waals surface area contributed by atoms with Gasteiger partial charge in [0.1, 0.15) is 4.21 Å². The largest absolute Gasteiger partial charge is 0.277 e. The van der Waals surface area contributed by atoms with Crippen molar-refractivity contribution in [3.8, 4) is 0 Å². The van der Waals surface area contributed by atoms with E-state index in [1.807, 2.05) is 0 Å². The molecule has 0 fully saturated rings. The van der Waals surface area contributed by atoms with Gasteiger partial charge in [0.25, 0.3) is 10.0 Å². The molecule has 0 unspecified atom stereocenters. The number of thiophene rings is 1. The molecule has 0 spiro atoms. The molecule has 3 nitrogen and oxygen atoms in total. The standard InChI is InChI=1S/C10H6Cl2FNO2S2/c11-6-2-1-3-7(10(6)12)14-18(15,16)9-5-4-8(13)17-9/h1-5,14H. The van der Waals surface area contributed by atoms with E-state index in [9.17, 15) is 12.8 Å².